The van der Waals surface area contributed by atoms with Crippen molar-refractivity contribution in [1.29, 1.82) is 0 Å². The van der Waals surface area contributed by atoms with Crippen LogP contribution in [-0.2, 0) is 11.2 Å². The molecule has 0 aliphatic heterocycles. The molecule has 2 aromatic carbocycles. The van der Waals surface area contributed by atoms with Crippen molar-refractivity contribution in [1.82, 2.24) is 10.3 Å². The van der Waals surface area contributed by atoms with E-state index in [4.69, 9.17) is 4.79 Å². The van der Waals surface area contributed by atoms with E-state index in [1.165, 1.54) is 30.4 Å². The highest BCUT2D eigenvalue weighted by Crippen LogP contribution is 2.21. The number of nitrogens with zero attached hydrogens (tertiary/aromatic N) is 1. The molecule has 4 nitrogen and oxygen atoms in total. The predicted molar refractivity (Wildman–Crippen MR) is 182 cm³/mol. The monoisotopic (exact) mass is 560 g/mol. The maximum Gasteiger partial charge on any atom is 0.194 e. The first kappa shape index (κ1) is 41.7. The lowest BCUT2D eigenvalue weighted by molar-refractivity contribution is -0.0980. The number of carbonyl (C=O) groups excluding carboxylic acids is 2. The summed E-state index contributed by atoms with van der Waals surface area (Å²) >= 11 is 0. The van der Waals surface area contributed by atoms with Crippen molar-refractivity contribution in [3.63, 3.8) is 0 Å². The van der Waals surface area contributed by atoms with Gasteiger partial charge in [0.1, 0.15) is 6.79 Å². The lowest BCUT2D eigenvalue weighted by Gasteiger charge is -2.09. The van der Waals surface area contributed by atoms with Crippen molar-refractivity contribution in [3.05, 3.63) is 114 Å². The van der Waals surface area contributed by atoms with E-state index in [0.717, 1.165) is 23.2 Å². The van der Waals surface area contributed by atoms with E-state index in [0.29, 0.717) is 11.1 Å². The lowest BCUT2D eigenvalue weighted by atomic mass is 9.98. The van der Waals surface area contributed by atoms with Crippen LogP contribution in [0.1, 0.15) is 96.1 Å². The smallest absolute Gasteiger partial charge is 0.194 e. The zero-order valence-electron chi connectivity index (χ0n) is 27.5. The van der Waals surface area contributed by atoms with Gasteiger partial charge in [0, 0.05) is 41.8 Å². The maximum atomic E-state index is 12.6. The van der Waals surface area contributed by atoms with Crippen LogP contribution >= 0.6 is 0 Å². The third kappa shape index (κ3) is 18.2. The predicted octanol–water partition coefficient (Wildman–Crippen LogP) is 10.2. The van der Waals surface area contributed by atoms with Crippen molar-refractivity contribution in [2.24, 2.45) is 0 Å². The first-order valence-corrected chi connectivity index (χ1v) is 14.8. The van der Waals surface area contributed by atoms with Gasteiger partial charge >= 0.3 is 0 Å². The van der Waals surface area contributed by atoms with Gasteiger partial charge in [-0.05, 0) is 43.5 Å². The van der Waals surface area contributed by atoms with E-state index in [9.17, 15) is 4.79 Å². The summed E-state index contributed by atoms with van der Waals surface area (Å²) in [6.07, 6.45) is 10.3. The SMILES string of the molecule is C=C/C(C(=O)c1cccc(-c2cccnc2)c1)=C(\C)NC.C=O.CC.CC.CCCCC.CCc1ccc(C)cc1. The average molecular weight is 561 g/mol. The minimum atomic E-state index is -0.0393. The molecule has 226 valence electrons. The number of pyridine rings is 1. The minimum Gasteiger partial charge on any atom is -0.391 e. The molecule has 3 rings (SSSR count). The van der Waals surface area contributed by atoms with E-state index in [1.807, 2.05) is 77.8 Å². The van der Waals surface area contributed by atoms with E-state index < -0.39 is 0 Å². The number of unbranched alkanes of at least 4 members (excludes halogenated alkanes) is 2. The molecule has 3 aromatic rings. The minimum absolute atomic E-state index is 0.0393. The molecule has 0 spiro atoms. The Morgan fingerprint density at radius 2 is 1.44 bits per heavy atom. The molecule has 0 saturated heterocycles. The number of Topliss-reactive ketones (excluding diaryl/α,β-unsaturated/α-hetero) is 1. The molecule has 0 radical (unpaired) electrons. The van der Waals surface area contributed by atoms with Crippen LogP contribution in [-0.4, -0.2) is 24.6 Å². The quantitative estimate of drug-likeness (QED) is 0.169. The fraction of sp³-hybridized carbons (Fsp3) is 0.378. The summed E-state index contributed by atoms with van der Waals surface area (Å²) in [5, 5.41) is 2.99. The highest BCUT2D eigenvalue weighted by molar-refractivity contribution is 6.11. The highest BCUT2D eigenvalue weighted by atomic mass is 16.1. The Balaban J connectivity index is -0.000000596. The Morgan fingerprint density at radius 1 is 0.878 bits per heavy atom. The van der Waals surface area contributed by atoms with Gasteiger partial charge in [0.05, 0.1) is 0 Å². The van der Waals surface area contributed by atoms with Crippen LogP contribution in [0.4, 0.5) is 0 Å². The van der Waals surface area contributed by atoms with Crippen molar-refractivity contribution in [3.8, 4) is 11.1 Å². The summed E-state index contributed by atoms with van der Waals surface area (Å²) in [6, 6.07) is 20.0. The van der Waals surface area contributed by atoms with Crippen LogP contribution < -0.4 is 5.32 Å². The second-order valence-corrected chi connectivity index (χ2v) is 8.34. The van der Waals surface area contributed by atoms with Gasteiger partial charge in [0.15, 0.2) is 5.78 Å². The number of aryl methyl sites for hydroxylation is 2. The molecule has 0 atom stereocenters. The normalized spacial score (nSPS) is 9.41. The molecule has 0 unspecified atom stereocenters. The molecular weight excluding hydrogens is 504 g/mol. The first-order valence-electron chi connectivity index (χ1n) is 14.8. The Kier molecular flexibility index (Phi) is 29.7. The molecule has 41 heavy (non-hydrogen) atoms. The van der Waals surface area contributed by atoms with E-state index in [1.54, 1.807) is 25.5 Å². The van der Waals surface area contributed by atoms with Gasteiger partial charge in [-0.1, -0.05) is 134 Å². The largest absolute Gasteiger partial charge is 0.391 e. The van der Waals surface area contributed by atoms with Crippen LogP contribution in [0.3, 0.4) is 0 Å². The number of allylic oxidation sites excluding steroid dienone is 3. The maximum absolute atomic E-state index is 12.6. The fourth-order valence-corrected chi connectivity index (χ4v) is 3.26. The third-order valence-electron chi connectivity index (χ3n) is 5.58. The van der Waals surface area contributed by atoms with Gasteiger partial charge in [-0.15, -0.1) is 0 Å². The molecule has 1 aromatic heterocycles. The number of ketones is 1. The van der Waals surface area contributed by atoms with Crippen molar-refractivity contribution in [2.75, 3.05) is 7.05 Å². The van der Waals surface area contributed by atoms with Crippen LogP contribution in [0.5, 0.6) is 0 Å². The van der Waals surface area contributed by atoms with Crippen molar-refractivity contribution >= 4 is 12.6 Å². The summed E-state index contributed by atoms with van der Waals surface area (Å²) in [6.45, 7) is 24.3. The number of hydrogen-bond acceptors (Lipinski definition) is 4. The summed E-state index contributed by atoms with van der Waals surface area (Å²) in [4.78, 5) is 24.7. The third-order valence-corrected chi connectivity index (χ3v) is 5.58. The van der Waals surface area contributed by atoms with Gasteiger partial charge in [0.2, 0.25) is 0 Å². The summed E-state index contributed by atoms with van der Waals surface area (Å²) < 4.78 is 0. The summed E-state index contributed by atoms with van der Waals surface area (Å²) in [7, 11) is 1.79. The van der Waals surface area contributed by atoms with Crippen molar-refractivity contribution in [2.45, 2.75) is 88.0 Å². The van der Waals surface area contributed by atoms with Gasteiger partial charge in [0.25, 0.3) is 0 Å². The molecule has 0 aliphatic rings. The van der Waals surface area contributed by atoms with Gasteiger partial charge < -0.3 is 10.1 Å². The molecule has 1 N–H and O–H groups in total. The highest BCUT2D eigenvalue weighted by Gasteiger charge is 2.13. The molecule has 4 heteroatoms. The molecule has 0 aliphatic carbocycles. The second-order valence-electron chi connectivity index (χ2n) is 8.34. The van der Waals surface area contributed by atoms with Crippen LogP contribution in [0.25, 0.3) is 11.1 Å². The Hall–Kier alpha value is -3.79. The van der Waals surface area contributed by atoms with E-state index in [-0.39, 0.29) is 5.78 Å². The molecule has 0 bridgehead atoms. The molecular formula is C37H56N2O2. The number of benzene rings is 2. The lowest BCUT2D eigenvalue weighted by Crippen LogP contribution is -2.11. The molecule has 1 heterocycles. The number of carbonyl (C=O) groups is 2. The number of hydrogen-bond donors (Lipinski definition) is 1. The van der Waals surface area contributed by atoms with Crippen LogP contribution in [0.2, 0.25) is 0 Å². The molecule has 0 amide bonds. The first-order chi connectivity index (χ1) is 19.9. The summed E-state index contributed by atoms with van der Waals surface area (Å²) in [5.74, 6) is -0.0393. The van der Waals surface area contributed by atoms with Crippen LogP contribution in [0, 0.1) is 6.92 Å². The number of rotatable bonds is 8. The topological polar surface area (TPSA) is 59.1 Å². The number of aromatic nitrogens is 1. The van der Waals surface area contributed by atoms with E-state index >= 15 is 0 Å². The molecule has 0 saturated carbocycles. The fourth-order valence-electron chi connectivity index (χ4n) is 3.26. The Morgan fingerprint density at radius 3 is 1.85 bits per heavy atom. The zero-order valence-corrected chi connectivity index (χ0v) is 27.5. The van der Waals surface area contributed by atoms with Gasteiger partial charge in [-0.25, -0.2) is 0 Å². The standard InChI is InChI=1S/C18H18N2O.C9H12.C5H12.2C2H6.CH2O/c1-4-17(13(2)19-3)18(21)15-8-5-7-14(11-15)16-9-6-10-20-12-16;1-3-9-6-4-8(2)5-7-9;1-3-5-4-2;3*1-2/h4-12,19H,1H2,2-3H3;4-7H,3H2,1-2H3;3-5H2,1-2H3;2*1-2H3;1H2/b17-13-;;;;;. The Bertz CT molecular complexity index is 1070. The number of nitrogens with one attached hydrogen (secondary N) is 1. The molecule has 0 fully saturated rings. The average Bonchev–Trinajstić information content (AvgIpc) is 3.06. The van der Waals surface area contributed by atoms with Crippen molar-refractivity contribution < 1.29 is 9.59 Å². The summed E-state index contributed by atoms with van der Waals surface area (Å²) in [5.41, 5.74) is 6.75. The zero-order chi connectivity index (χ0) is 32.1. The van der Waals surface area contributed by atoms with Gasteiger partial charge in [-0.2, -0.15) is 0 Å². The second kappa shape index (κ2) is 29.2. The van der Waals surface area contributed by atoms with Gasteiger partial charge in [-0.3, -0.25) is 9.78 Å². The van der Waals surface area contributed by atoms with E-state index in [2.05, 4.69) is 68.8 Å². The Labute approximate surface area is 252 Å². The van der Waals surface area contributed by atoms with Crippen LogP contribution in [0.15, 0.2) is 97.0 Å².